The molecule has 4 aliphatic rings. The number of hydrogen-bond donors (Lipinski definition) is 2. The van der Waals surface area contributed by atoms with Crippen LogP contribution in [0.2, 0.25) is 10.0 Å². The monoisotopic (exact) mass is 2400 g/mol. The number of furan rings is 3. The normalized spacial score (nSPS) is 13.2. The van der Waals surface area contributed by atoms with Gasteiger partial charge >= 0.3 is 55.7 Å². The Balaban J connectivity index is 0.000000235. The summed E-state index contributed by atoms with van der Waals surface area (Å²) in [6.45, 7) is 18.5. The number of carboxylic acid groups (broad SMARTS) is 1. The third kappa shape index (κ3) is 35.6. The zero-order chi connectivity index (χ0) is 110. The van der Waals surface area contributed by atoms with Gasteiger partial charge in [-0.25, -0.2) is 19.2 Å². The Morgan fingerprint density at radius 2 is 0.966 bits per heavy atom. The van der Waals surface area contributed by atoms with Crippen LogP contribution in [0.4, 0.5) is 0 Å². The molecule has 2 amide bonds. The number of hydrogen-bond acceptors (Lipinski definition) is 26. The zero-order valence-corrected chi connectivity index (χ0v) is 96.3. The van der Waals surface area contributed by atoms with Crippen molar-refractivity contribution in [3.8, 4) is 57.7 Å². The number of carbonyl (C=O) groups excluding carboxylic acids is 6. The number of esters is 3. The standard InChI is InChI=1S/C27H26N4O4.C18H24BNO4.C15H14ClN3O2.C8H6ClNO.C7H8BrNO2.C7H8BrNO.C7H9NO2.C7H8O2.C6H6BrNO2.C3H8.CH3I.BHNS/c1-30(2)27(32)19-13-23(31(3)16-19)25-14-22-26(35-25)21(6-9-29-22)17-4-5-24(18(12-17)15-28)34-20-7-10-33-11-8-20;1-17(2)18(3,4)24-19(23-17)14-5-6-16(13(11-14)12-20)22-15-7-9-21-10-8-15;1-18(2)15(20)9-6-12(19(3)8-9)13-7-11-14(21-13)10(16)4-5-17-11;1-5-4-7-8(11-5)6(9)2-3-10-7;1-9-4-5(3-6(9)8)7(10)11-2;1-5(10)6-3-7(8)9(2)4-6;1-8-4-3-6(5-8)7(9)10-2;1-9-7(8)6-4-2-3-5-6;1-8-3-4(6(9)10)2-5(8)7;1-3-2;1-2;1-2-3/h4-6,9,12-14,16,20H,7-8,10-11H2,1-3H3;5-6,11,15H,7-10H2,1-4H3;4-8H,1-3H3;2-4H,1H3;3-4H,1-2H3;3-4H,1-2H3;3-5H,1-2H3;2,4-5H,3H2,1H3;2-3H,1H3,(H,9,10);3H2,1-2H3;1H3;3H. The van der Waals surface area contributed by atoms with Crippen LogP contribution in [0, 0.1) is 29.6 Å². The summed E-state index contributed by atoms with van der Waals surface area (Å²) in [7, 11) is 26.0. The van der Waals surface area contributed by atoms with Gasteiger partial charge in [0.1, 0.15) is 58.2 Å². The summed E-state index contributed by atoms with van der Waals surface area (Å²) in [6.07, 6.45) is 28.3. The second-order valence-electron chi connectivity index (χ2n) is 34.7. The Morgan fingerprint density at radius 1 is 0.557 bits per heavy atom. The molecule has 15 heterocycles. The summed E-state index contributed by atoms with van der Waals surface area (Å²) in [5, 5.41) is 28.9. The second kappa shape index (κ2) is 59.9. The van der Waals surface area contributed by atoms with Crippen molar-refractivity contribution in [3.05, 3.63) is 269 Å². The zero-order valence-electron chi connectivity index (χ0n) is 87.0. The number of nitriles is 2. The number of aromatic carboxylic acids is 1. The first-order valence-corrected chi connectivity index (χ1v) is 52.0. The number of ketones is 1. The number of aryl methyl sites for hydroxylation is 7. The number of allylic oxidation sites excluding steroid dienone is 2. The van der Waals surface area contributed by atoms with Gasteiger partial charge < -0.3 is 98.0 Å². The number of thiol groups is 1. The molecule has 789 valence electrons. The van der Waals surface area contributed by atoms with E-state index >= 15 is 0 Å². The SMILES string of the molecule is CC(=O)c1cc(Br)n(C)c1.CC1(C)OB(c2ccc(OC3CCOCC3)c(C#N)c2)OC1(C)C.CCC.CI.CN(C)C(=O)c1cc(-c2cc3nccc(-c4ccc(OC5CCOCC5)c(C#N)c4)c3o2)n(C)c1.CN(C)C(=O)c1cc(-c2cc3nccc(Cl)c3o2)n(C)c1.COC(=O)C1=CCC=C1.COC(=O)c1cc(Br)n(C)c1.COC(=O)c1ccn(C)c1.Cc1cc2nccc(Cl)c2o1.Cn1cc(C(=O)O)cc1Br.[B]=NS. The molecule has 1 radical (unpaired) electrons. The molecule has 18 rings (SSSR count). The molecule has 3 aliphatic heterocycles. The van der Waals surface area contributed by atoms with Crippen molar-refractivity contribution >= 4 is 201 Å². The molecule has 34 nitrogen and oxygen atoms in total. The predicted octanol–water partition coefficient (Wildman–Crippen LogP) is 22.6. The van der Waals surface area contributed by atoms with Crippen molar-refractivity contribution in [2.75, 3.05) is 80.9 Å². The number of methoxy groups -OCH3 is 3. The number of carboxylic acids is 1. The number of carbonyl (C=O) groups is 7. The van der Waals surface area contributed by atoms with E-state index in [-0.39, 0.29) is 47.7 Å². The first-order chi connectivity index (χ1) is 70.8. The first kappa shape index (κ1) is 124. The summed E-state index contributed by atoms with van der Waals surface area (Å²) < 4.78 is 81.9. The Morgan fingerprint density at radius 3 is 1.35 bits per heavy atom. The molecular formula is C106H121B2Br3Cl2IN14O20S. The molecule has 0 unspecified atom stereocenters. The average Bonchev–Trinajstić information content (AvgIpc) is 1.58. The van der Waals surface area contributed by atoms with Crippen LogP contribution < -0.4 is 14.9 Å². The molecule has 0 spiro atoms. The van der Waals surface area contributed by atoms with Gasteiger partial charge in [-0.3, -0.25) is 29.3 Å². The fraction of sp³-hybridized carbons (Fsp3) is 0.340. The van der Waals surface area contributed by atoms with Crippen LogP contribution in [0.3, 0.4) is 0 Å². The Hall–Kier alpha value is -12.4. The van der Waals surface area contributed by atoms with Crippen LogP contribution >= 0.6 is 106 Å². The number of ether oxygens (including phenoxy) is 7. The number of aromatic nitrogens is 9. The minimum absolute atomic E-state index is 0.0517. The van der Waals surface area contributed by atoms with E-state index in [1.165, 1.54) is 32.7 Å². The van der Waals surface area contributed by atoms with Gasteiger partial charge in [0.05, 0.1) is 139 Å². The quantitative estimate of drug-likeness (QED) is 0.0183. The third-order valence-corrected chi connectivity index (χ3v) is 25.4. The number of rotatable bonds is 15. The summed E-state index contributed by atoms with van der Waals surface area (Å²) in [4.78, 5) is 95.7. The third-order valence-electron chi connectivity index (χ3n) is 22.4. The van der Waals surface area contributed by atoms with E-state index < -0.39 is 24.3 Å². The minimum atomic E-state index is -0.902. The van der Waals surface area contributed by atoms with E-state index in [0.717, 1.165) is 90.7 Å². The van der Waals surface area contributed by atoms with E-state index in [9.17, 15) is 44.1 Å². The Labute approximate surface area is 922 Å². The van der Waals surface area contributed by atoms with Crippen molar-refractivity contribution < 1.29 is 94.4 Å². The number of halogens is 6. The number of nitrogens with zero attached hydrogens (tertiary/aromatic N) is 14. The molecule has 0 atom stereocenters. The summed E-state index contributed by atoms with van der Waals surface area (Å²) in [5.74, 6) is 1.49. The van der Waals surface area contributed by atoms with Gasteiger partial charge in [0.15, 0.2) is 34.1 Å². The van der Waals surface area contributed by atoms with Crippen LogP contribution in [0.25, 0.3) is 67.3 Å². The number of Topliss-reactive ketones (excluding diaryl/α,β-unsaturated/α-hetero) is 1. The molecule has 0 saturated carbocycles. The van der Waals surface area contributed by atoms with Gasteiger partial charge in [0, 0.05) is 187 Å². The maximum absolute atomic E-state index is 12.4. The van der Waals surface area contributed by atoms with Crippen LogP contribution in [0.1, 0.15) is 166 Å². The van der Waals surface area contributed by atoms with Crippen LogP contribution in [-0.4, -0.2) is 218 Å². The van der Waals surface area contributed by atoms with Crippen molar-refractivity contribution in [1.82, 2.24) is 52.2 Å². The number of pyridine rings is 3. The van der Waals surface area contributed by atoms with Crippen molar-refractivity contribution in [2.24, 2.45) is 46.6 Å². The van der Waals surface area contributed by atoms with E-state index in [1.807, 2.05) is 167 Å². The molecule has 2 aromatic carbocycles. The van der Waals surface area contributed by atoms with Gasteiger partial charge in [0.25, 0.3) is 11.8 Å². The molecule has 1 aliphatic carbocycles. The van der Waals surface area contributed by atoms with Gasteiger partial charge in [0.2, 0.25) is 0 Å². The van der Waals surface area contributed by atoms with E-state index in [2.05, 4.69) is 150 Å². The van der Waals surface area contributed by atoms with Gasteiger partial charge in [-0.1, -0.05) is 96.4 Å². The molecule has 3 saturated heterocycles. The second-order valence-corrected chi connectivity index (χ2v) is 38.1. The Kier molecular flexibility index (Phi) is 49.6. The van der Waals surface area contributed by atoms with Gasteiger partial charge in [-0.2, -0.15) is 10.5 Å². The molecule has 0 bridgehead atoms. The number of amides is 2. The molecule has 14 aromatic rings. The van der Waals surface area contributed by atoms with E-state index in [4.69, 9.17) is 69.8 Å². The van der Waals surface area contributed by atoms with Gasteiger partial charge in [-0.15, -0.1) is 0 Å². The summed E-state index contributed by atoms with van der Waals surface area (Å²) in [5.41, 5.74) is 12.3. The van der Waals surface area contributed by atoms with Crippen LogP contribution in [0.5, 0.6) is 11.5 Å². The van der Waals surface area contributed by atoms with Crippen LogP contribution in [0.15, 0.2) is 226 Å². The molecule has 1 N–H and O–H groups in total. The predicted molar refractivity (Wildman–Crippen MR) is 599 cm³/mol. The van der Waals surface area contributed by atoms with E-state index in [1.54, 1.807) is 171 Å². The van der Waals surface area contributed by atoms with Crippen LogP contribution in [-0.2, 0) is 80.1 Å². The average molecular weight is 2400 g/mol. The van der Waals surface area contributed by atoms with E-state index in [0.29, 0.717) is 132 Å². The molecule has 12 aromatic heterocycles. The fourth-order valence-corrected chi connectivity index (χ4v) is 15.5. The van der Waals surface area contributed by atoms with Gasteiger partial charge in [-0.05, 0) is 191 Å². The molecule has 43 heteroatoms. The first-order valence-electron chi connectivity index (χ1n) is 46.3. The maximum atomic E-state index is 12.4. The molecular weight excluding hydrogens is 2280 g/mol. The Bertz CT molecular complexity index is 6940. The topological polar surface area (TPSA) is 397 Å². The summed E-state index contributed by atoms with van der Waals surface area (Å²) >= 11 is 27.0. The number of alkyl halides is 1. The molecule has 149 heavy (non-hydrogen) atoms. The molecule has 3 fully saturated rings. The summed E-state index contributed by atoms with van der Waals surface area (Å²) in [6, 6.07) is 36.9. The fourth-order valence-electron chi connectivity index (χ4n) is 14.0. The number of fused-ring (bicyclic) bond motifs is 3. The number of benzene rings is 2. The van der Waals surface area contributed by atoms with Crippen molar-refractivity contribution in [1.29, 1.82) is 10.5 Å². The van der Waals surface area contributed by atoms with Crippen molar-refractivity contribution in [3.63, 3.8) is 0 Å². The van der Waals surface area contributed by atoms with Crippen molar-refractivity contribution in [2.45, 2.75) is 117 Å².